The summed E-state index contributed by atoms with van der Waals surface area (Å²) in [4.78, 5) is 10.0. The van der Waals surface area contributed by atoms with Crippen molar-refractivity contribution in [2.45, 2.75) is 0 Å². The van der Waals surface area contributed by atoms with Gasteiger partial charge >= 0.3 is 6.03 Å². The highest BCUT2D eigenvalue weighted by atomic mass is 16.3. The van der Waals surface area contributed by atoms with Crippen LogP contribution in [0.1, 0.15) is 0 Å². The molecule has 5 nitrogen and oxygen atoms in total. The third kappa shape index (κ3) is 3.88. The molecular weight excluding hydrogens is 136 g/mol. The Hall–Kier alpha value is -1.07. The summed E-state index contributed by atoms with van der Waals surface area (Å²) in [7, 11) is 0. The van der Waals surface area contributed by atoms with Crippen molar-refractivity contribution >= 4 is 6.03 Å². The van der Waals surface area contributed by atoms with Gasteiger partial charge in [0.05, 0.1) is 13.2 Å². The molecule has 0 aromatic rings. The maximum absolute atomic E-state index is 10.0. The lowest BCUT2D eigenvalue weighted by molar-refractivity contribution is 0.251. The first-order valence-corrected chi connectivity index (χ1v) is 2.66. The number of aliphatic hydroxyl groups excluding tert-OH is 2. The molecule has 58 valence electrons. The van der Waals surface area contributed by atoms with E-state index < -0.39 is 6.03 Å². The average molecular weight is 146 g/mol. The molecule has 0 bridgehead atoms. The summed E-state index contributed by atoms with van der Waals surface area (Å²) in [6, 6.07) is -0.723. The highest BCUT2D eigenvalue weighted by molar-refractivity contribution is 5.72. The molecule has 0 heterocycles. The predicted octanol–water partition coefficient (Wildman–Crippen LogP) is -1.48. The molecule has 0 fully saturated rings. The first-order chi connectivity index (χ1) is 4.70. The van der Waals surface area contributed by atoms with Gasteiger partial charge in [0, 0.05) is 6.20 Å². The Morgan fingerprint density at radius 1 is 1.50 bits per heavy atom. The van der Waals surface area contributed by atoms with Crippen molar-refractivity contribution in [1.82, 2.24) is 5.32 Å². The molecule has 0 radical (unpaired) electrons. The minimum atomic E-state index is -0.723. The van der Waals surface area contributed by atoms with E-state index in [-0.39, 0.29) is 13.2 Å². The van der Waals surface area contributed by atoms with Crippen LogP contribution in [0.5, 0.6) is 0 Å². The van der Waals surface area contributed by atoms with Crippen LogP contribution in [0.15, 0.2) is 11.8 Å². The van der Waals surface area contributed by atoms with Crippen molar-refractivity contribution in [2.24, 2.45) is 5.73 Å². The average Bonchev–Trinajstić information content (AvgIpc) is 1.90. The van der Waals surface area contributed by atoms with Crippen LogP contribution in [-0.4, -0.2) is 29.5 Å². The highest BCUT2D eigenvalue weighted by Crippen LogP contribution is 1.85. The van der Waals surface area contributed by atoms with Gasteiger partial charge in [-0.3, -0.25) is 0 Å². The number of rotatable bonds is 3. The van der Waals surface area contributed by atoms with Crippen LogP contribution in [0.4, 0.5) is 4.79 Å². The van der Waals surface area contributed by atoms with E-state index in [1.54, 1.807) is 0 Å². The quantitative estimate of drug-likeness (QED) is 0.391. The number of nitrogens with one attached hydrogen (secondary N) is 1. The number of carbonyl (C=O) groups excluding carboxylic acids is 1. The highest BCUT2D eigenvalue weighted by Gasteiger charge is 1.91. The number of amides is 2. The van der Waals surface area contributed by atoms with Gasteiger partial charge < -0.3 is 21.3 Å². The largest absolute Gasteiger partial charge is 0.392 e. The van der Waals surface area contributed by atoms with E-state index in [4.69, 9.17) is 15.9 Å². The van der Waals surface area contributed by atoms with E-state index in [1.165, 1.54) is 6.20 Å². The van der Waals surface area contributed by atoms with Crippen LogP contribution >= 0.6 is 0 Å². The van der Waals surface area contributed by atoms with E-state index in [0.717, 1.165) is 0 Å². The van der Waals surface area contributed by atoms with Crippen LogP contribution in [0.25, 0.3) is 0 Å². The van der Waals surface area contributed by atoms with Crippen molar-refractivity contribution in [3.05, 3.63) is 11.8 Å². The molecule has 0 aromatic heterocycles. The van der Waals surface area contributed by atoms with Gasteiger partial charge in [0.15, 0.2) is 0 Å². The summed E-state index contributed by atoms with van der Waals surface area (Å²) in [5.74, 6) is 0. The molecule has 0 aromatic carbocycles. The van der Waals surface area contributed by atoms with Gasteiger partial charge in [0.1, 0.15) is 0 Å². The van der Waals surface area contributed by atoms with Crippen molar-refractivity contribution in [2.75, 3.05) is 13.2 Å². The Morgan fingerprint density at radius 2 is 2.00 bits per heavy atom. The molecule has 0 atom stereocenters. The van der Waals surface area contributed by atoms with Gasteiger partial charge in [-0.1, -0.05) is 0 Å². The number of carbonyl (C=O) groups is 1. The van der Waals surface area contributed by atoms with Gasteiger partial charge in [0.25, 0.3) is 0 Å². The Labute approximate surface area is 58.1 Å². The van der Waals surface area contributed by atoms with Gasteiger partial charge in [-0.15, -0.1) is 0 Å². The summed E-state index contributed by atoms with van der Waals surface area (Å²) < 4.78 is 0. The predicted molar refractivity (Wildman–Crippen MR) is 35.0 cm³/mol. The molecule has 0 saturated heterocycles. The van der Waals surface area contributed by atoms with Gasteiger partial charge in [-0.25, -0.2) is 4.79 Å². The van der Waals surface area contributed by atoms with E-state index in [0.29, 0.717) is 5.57 Å². The fourth-order valence-electron chi connectivity index (χ4n) is 0.314. The van der Waals surface area contributed by atoms with Crippen LogP contribution in [0.3, 0.4) is 0 Å². The number of hydrogen-bond donors (Lipinski definition) is 4. The molecule has 0 rings (SSSR count). The summed E-state index contributed by atoms with van der Waals surface area (Å²) in [5, 5.41) is 18.9. The van der Waals surface area contributed by atoms with Gasteiger partial charge in [-0.05, 0) is 5.57 Å². The standard InChI is InChI=1S/C5H10N2O3/c6-5(10)7-1-4(2-8)3-9/h1,8-9H,2-3H2,(H3,6,7,10). The smallest absolute Gasteiger partial charge is 0.316 e. The second-order valence-corrected chi connectivity index (χ2v) is 1.63. The van der Waals surface area contributed by atoms with Crippen molar-refractivity contribution < 1.29 is 15.0 Å². The fraction of sp³-hybridized carbons (Fsp3) is 0.400. The minimum absolute atomic E-state index is 0.295. The molecule has 0 unspecified atom stereocenters. The van der Waals surface area contributed by atoms with Crippen LogP contribution < -0.4 is 11.1 Å². The fourth-order valence-corrected chi connectivity index (χ4v) is 0.314. The molecule has 0 saturated carbocycles. The zero-order valence-electron chi connectivity index (χ0n) is 5.37. The number of nitrogens with two attached hydrogens (primary N) is 1. The number of primary amides is 1. The van der Waals surface area contributed by atoms with Gasteiger partial charge in [0.2, 0.25) is 0 Å². The van der Waals surface area contributed by atoms with Crippen molar-refractivity contribution in [1.29, 1.82) is 0 Å². The first kappa shape index (κ1) is 8.93. The number of aliphatic hydroxyl groups is 2. The third-order valence-electron chi connectivity index (χ3n) is 0.825. The van der Waals surface area contributed by atoms with Crippen LogP contribution in [-0.2, 0) is 0 Å². The molecule has 5 heteroatoms. The number of urea groups is 1. The monoisotopic (exact) mass is 146 g/mol. The summed E-state index contributed by atoms with van der Waals surface area (Å²) in [5.41, 5.74) is 5.00. The third-order valence-corrected chi connectivity index (χ3v) is 0.825. The van der Waals surface area contributed by atoms with E-state index in [1.807, 2.05) is 0 Å². The Bertz CT molecular complexity index is 138. The maximum atomic E-state index is 10.0. The van der Waals surface area contributed by atoms with E-state index >= 15 is 0 Å². The van der Waals surface area contributed by atoms with Crippen LogP contribution in [0, 0.1) is 0 Å². The van der Waals surface area contributed by atoms with Crippen molar-refractivity contribution in [3.8, 4) is 0 Å². The maximum Gasteiger partial charge on any atom is 0.316 e. The Kier molecular flexibility index (Phi) is 4.26. The lowest BCUT2D eigenvalue weighted by Gasteiger charge is -1.97. The molecule has 0 aliphatic carbocycles. The second kappa shape index (κ2) is 4.78. The Morgan fingerprint density at radius 3 is 2.30 bits per heavy atom. The second-order valence-electron chi connectivity index (χ2n) is 1.63. The lowest BCUT2D eigenvalue weighted by Crippen LogP contribution is -2.25. The summed E-state index contributed by atoms with van der Waals surface area (Å²) in [6.45, 7) is -0.590. The molecule has 2 amide bonds. The van der Waals surface area contributed by atoms with E-state index in [2.05, 4.69) is 5.32 Å². The SMILES string of the molecule is NC(=O)NC=C(CO)CO. The molecule has 0 aliphatic rings. The van der Waals surface area contributed by atoms with Gasteiger partial charge in [-0.2, -0.15) is 0 Å². The first-order valence-electron chi connectivity index (χ1n) is 2.66. The molecular formula is C5H10N2O3. The molecule has 5 N–H and O–H groups in total. The van der Waals surface area contributed by atoms with Crippen molar-refractivity contribution in [3.63, 3.8) is 0 Å². The molecule has 10 heavy (non-hydrogen) atoms. The summed E-state index contributed by atoms with van der Waals surface area (Å²) in [6.07, 6.45) is 1.17. The molecule has 0 spiro atoms. The minimum Gasteiger partial charge on any atom is -0.392 e. The topological polar surface area (TPSA) is 95.6 Å². The summed E-state index contributed by atoms with van der Waals surface area (Å²) >= 11 is 0. The number of hydrogen-bond acceptors (Lipinski definition) is 3. The zero-order valence-corrected chi connectivity index (χ0v) is 5.37. The molecule has 0 aliphatic heterocycles. The van der Waals surface area contributed by atoms with E-state index in [9.17, 15) is 4.79 Å². The Balaban J connectivity index is 3.74. The normalized spacial score (nSPS) is 8.60. The lowest BCUT2D eigenvalue weighted by atomic mass is 10.3. The zero-order chi connectivity index (χ0) is 7.98. The van der Waals surface area contributed by atoms with Crippen LogP contribution in [0.2, 0.25) is 0 Å².